The highest BCUT2D eigenvalue weighted by atomic mass is 16.5. The molecule has 0 fully saturated rings. The van der Waals surface area contributed by atoms with Crippen LogP contribution in [0.25, 0.3) is 5.57 Å². The molecule has 2 amide bonds. The van der Waals surface area contributed by atoms with Gasteiger partial charge in [0.2, 0.25) is 5.88 Å². The van der Waals surface area contributed by atoms with Crippen LogP contribution >= 0.6 is 0 Å². The molecule has 0 saturated carbocycles. The maximum atomic E-state index is 12.5. The Kier molecular flexibility index (Phi) is 6.68. The molecule has 0 aliphatic carbocycles. The number of furan rings is 1. The van der Waals surface area contributed by atoms with E-state index in [-0.39, 0.29) is 41.8 Å². The summed E-state index contributed by atoms with van der Waals surface area (Å²) in [7, 11) is 0. The summed E-state index contributed by atoms with van der Waals surface area (Å²) < 4.78 is 10.4. The quantitative estimate of drug-likeness (QED) is 0.591. The topological polar surface area (TPSA) is 116 Å². The van der Waals surface area contributed by atoms with Crippen LogP contribution in [0.1, 0.15) is 45.4 Å². The highest BCUT2D eigenvalue weighted by molar-refractivity contribution is 6.10. The van der Waals surface area contributed by atoms with Crippen molar-refractivity contribution in [3.05, 3.63) is 58.9 Å². The second-order valence-corrected chi connectivity index (χ2v) is 7.10. The number of carbonyl (C=O) groups excluding carboxylic acids is 3. The lowest BCUT2D eigenvalue weighted by Crippen LogP contribution is -3.13. The number of quaternary nitrogens is 1. The molecule has 0 radical (unpaired) electrons. The number of nitrogens with one attached hydrogen (secondary N) is 2. The van der Waals surface area contributed by atoms with Gasteiger partial charge in [-0.25, -0.2) is 4.79 Å². The highest BCUT2D eigenvalue weighted by Crippen LogP contribution is 2.27. The van der Waals surface area contributed by atoms with Gasteiger partial charge in [0.1, 0.15) is 16.9 Å². The van der Waals surface area contributed by atoms with Gasteiger partial charge in [0.05, 0.1) is 19.7 Å². The minimum Gasteiger partial charge on any atom is -0.462 e. The van der Waals surface area contributed by atoms with E-state index in [1.165, 1.54) is 18.1 Å². The average Bonchev–Trinajstić information content (AvgIpc) is 3.05. The van der Waals surface area contributed by atoms with Crippen LogP contribution in [-0.2, 0) is 9.53 Å². The number of carbonyl (C=O) groups is 3. The van der Waals surface area contributed by atoms with Crippen LogP contribution < -0.4 is 16.0 Å². The standard InChI is InChI=1S/C22H25N3O5/c1-3-29-22(28)18-14(2)30-21(19(18)20(23)27)24-17(26)13-25-11-9-16(10-12-25)15-7-5-4-6-8-15/h4-9H,3,10-13H2,1-2H3,(H2,23,27)(H,24,26)/p+1. The van der Waals surface area contributed by atoms with E-state index < -0.39 is 11.9 Å². The molecule has 30 heavy (non-hydrogen) atoms. The minimum atomic E-state index is -0.869. The molecule has 1 aliphatic rings. The first kappa shape index (κ1) is 21.3. The fourth-order valence-electron chi connectivity index (χ4n) is 3.57. The lowest BCUT2D eigenvalue weighted by Gasteiger charge is -2.23. The molecule has 8 nitrogen and oxygen atoms in total. The zero-order chi connectivity index (χ0) is 21.7. The van der Waals surface area contributed by atoms with Gasteiger partial charge in [0.15, 0.2) is 6.54 Å². The van der Waals surface area contributed by atoms with Crippen molar-refractivity contribution in [1.29, 1.82) is 0 Å². The van der Waals surface area contributed by atoms with Gasteiger partial charge in [-0.1, -0.05) is 30.3 Å². The molecular formula is C22H26N3O5+. The van der Waals surface area contributed by atoms with Crippen molar-refractivity contribution in [3.63, 3.8) is 0 Å². The number of benzene rings is 1. The van der Waals surface area contributed by atoms with Gasteiger partial charge in [-0.2, -0.15) is 0 Å². The summed E-state index contributed by atoms with van der Waals surface area (Å²) in [5, 5.41) is 2.58. The van der Waals surface area contributed by atoms with Gasteiger partial charge < -0.3 is 19.8 Å². The molecule has 1 atom stereocenters. The predicted octanol–water partition coefficient (Wildman–Crippen LogP) is 1.17. The molecule has 0 spiro atoms. The SMILES string of the molecule is CCOC(=O)c1c(C)oc(NC(=O)C[NH+]2CC=C(c3ccccc3)CC2)c1C(N)=O. The third-order valence-corrected chi connectivity index (χ3v) is 5.00. The fourth-order valence-corrected chi connectivity index (χ4v) is 3.57. The number of amides is 2. The summed E-state index contributed by atoms with van der Waals surface area (Å²) in [6.07, 6.45) is 3.01. The van der Waals surface area contributed by atoms with Crippen LogP contribution in [0, 0.1) is 6.92 Å². The van der Waals surface area contributed by atoms with Crippen LogP contribution in [0.4, 0.5) is 5.88 Å². The van der Waals surface area contributed by atoms with Crippen molar-refractivity contribution < 1.29 is 28.4 Å². The number of hydrogen-bond donors (Lipinski definition) is 3. The summed E-state index contributed by atoms with van der Waals surface area (Å²) in [4.78, 5) is 37.7. The van der Waals surface area contributed by atoms with Crippen LogP contribution in [-0.4, -0.2) is 44.0 Å². The highest BCUT2D eigenvalue weighted by Gasteiger charge is 2.30. The Morgan fingerprint density at radius 2 is 1.93 bits per heavy atom. The number of aryl methyl sites for hydroxylation is 1. The van der Waals surface area contributed by atoms with Crippen molar-refractivity contribution in [2.75, 3.05) is 31.6 Å². The van der Waals surface area contributed by atoms with Crippen molar-refractivity contribution >= 4 is 29.2 Å². The lowest BCUT2D eigenvalue weighted by molar-refractivity contribution is -0.886. The first-order valence-corrected chi connectivity index (χ1v) is 9.88. The molecule has 1 aromatic heterocycles. The molecule has 0 bridgehead atoms. The average molecular weight is 412 g/mol. The van der Waals surface area contributed by atoms with E-state index in [2.05, 4.69) is 23.5 Å². The number of primary amides is 1. The van der Waals surface area contributed by atoms with Crippen molar-refractivity contribution in [2.45, 2.75) is 20.3 Å². The van der Waals surface area contributed by atoms with Gasteiger partial charge in [-0.15, -0.1) is 0 Å². The molecule has 2 heterocycles. The molecule has 0 saturated heterocycles. The van der Waals surface area contributed by atoms with E-state index in [0.29, 0.717) is 6.54 Å². The molecule has 1 unspecified atom stereocenters. The Labute approximate surface area is 174 Å². The number of nitrogens with two attached hydrogens (primary N) is 1. The van der Waals surface area contributed by atoms with Crippen LogP contribution in [0.15, 0.2) is 40.8 Å². The summed E-state index contributed by atoms with van der Waals surface area (Å²) in [5.41, 5.74) is 7.67. The first-order chi connectivity index (χ1) is 14.4. The van der Waals surface area contributed by atoms with Gasteiger partial charge in [0.25, 0.3) is 11.8 Å². The molecule has 1 aromatic carbocycles. The zero-order valence-electron chi connectivity index (χ0n) is 17.1. The molecule has 3 rings (SSSR count). The zero-order valence-corrected chi connectivity index (χ0v) is 17.1. The van der Waals surface area contributed by atoms with Crippen LogP contribution in [0.3, 0.4) is 0 Å². The number of esters is 1. The lowest BCUT2D eigenvalue weighted by atomic mass is 10.00. The summed E-state index contributed by atoms with van der Waals surface area (Å²) in [6, 6.07) is 10.2. The van der Waals surface area contributed by atoms with Crippen LogP contribution in [0.2, 0.25) is 0 Å². The van der Waals surface area contributed by atoms with Gasteiger partial charge in [0, 0.05) is 6.42 Å². The van der Waals surface area contributed by atoms with E-state index in [0.717, 1.165) is 17.9 Å². The van der Waals surface area contributed by atoms with Crippen molar-refractivity contribution in [2.24, 2.45) is 5.73 Å². The largest absolute Gasteiger partial charge is 0.462 e. The first-order valence-electron chi connectivity index (χ1n) is 9.88. The Balaban J connectivity index is 1.67. The number of anilines is 1. The maximum Gasteiger partial charge on any atom is 0.342 e. The van der Waals surface area contributed by atoms with Crippen molar-refractivity contribution in [3.8, 4) is 0 Å². The van der Waals surface area contributed by atoms with E-state index in [1.807, 2.05) is 18.2 Å². The number of rotatable bonds is 7. The van der Waals surface area contributed by atoms with Crippen LogP contribution in [0.5, 0.6) is 0 Å². The van der Waals surface area contributed by atoms with Gasteiger partial charge in [-0.05, 0) is 31.1 Å². The van der Waals surface area contributed by atoms with E-state index >= 15 is 0 Å². The minimum absolute atomic E-state index is 0.0552. The van der Waals surface area contributed by atoms with E-state index in [1.54, 1.807) is 6.92 Å². The maximum absolute atomic E-state index is 12.5. The second-order valence-electron chi connectivity index (χ2n) is 7.10. The predicted molar refractivity (Wildman–Crippen MR) is 111 cm³/mol. The second kappa shape index (κ2) is 9.41. The molecular weight excluding hydrogens is 386 g/mol. The number of hydrogen-bond acceptors (Lipinski definition) is 5. The monoisotopic (exact) mass is 412 g/mol. The van der Waals surface area contributed by atoms with Gasteiger partial charge in [-0.3, -0.25) is 14.9 Å². The Hall–Kier alpha value is -3.39. The Morgan fingerprint density at radius 1 is 1.20 bits per heavy atom. The molecule has 1 aliphatic heterocycles. The summed E-state index contributed by atoms with van der Waals surface area (Å²) in [6.45, 7) is 5.03. The van der Waals surface area contributed by atoms with E-state index in [9.17, 15) is 14.4 Å². The van der Waals surface area contributed by atoms with E-state index in [4.69, 9.17) is 14.9 Å². The van der Waals surface area contributed by atoms with Gasteiger partial charge >= 0.3 is 5.97 Å². The molecule has 158 valence electrons. The fraction of sp³-hybridized carbons (Fsp3) is 0.318. The normalized spacial score (nSPS) is 15.9. The number of ether oxygens (including phenoxy) is 1. The third kappa shape index (κ3) is 4.77. The third-order valence-electron chi connectivity index (χ3n) is 5.00. The van der Waals surface area contributed by atoms with Crippen molar-refractivity contribution in [1.82, 2.24) is 0 Å². The molecule has 2 aromatic rings. The summed E-state index contributed by atoms with van der Waals surface area (Å²) >= 11 is 0. The molecule has 4 N–H and O–H groups in total. The molecule has 8 heteroatoms. The Morgan fingerprint density at radius 3 is 2.53 bits per heavy atom. The smallest absolute Gasteiger partial charge is 0.342 e. The Bertz CT molecular complexity index is 978. The summed E-state index contributed by atoms with van der Waals surface area (Å²) in [5.74, 6) is -1.87.